The van der Waals surface area contributed by atoms with E-state index >= 15 is 0 Å². The molecule has 5 N–H and O–H groups in total. The molecule has 10 nitrogen and oxygen atoms in total. The molecule has 4 aromatic heterocycles. The number of nitrogens with zero attached hydrogens (tertiary/aromatic N) is 5. The van der Waals surface area contributed by atoms with Crippen molar-refractivity contribution in [3.63, 3.8) is 0 Å². The second kappa shape index (κ2) is 13.3. The summed E-state index contributed by atoms with van der Waals surface area (Å²) in [6.07, 6.45) is 0. The normalized spacial score (nSPS) is 11.9. The summed E-state index contributed by atoms with van der Waals surface area (Å²) in [4.78, 5) is 13.9. The van der Waals surface area contributed by atoms with Crippen LogP contribution in [0.15, 0.2) is 158 Å². The van der Waals surface area contributed by atoms with Gasteiger partial charge in [-0.2, -0.15) is 0 Å². The zero-order valence-corrected chi connectivity index (χ0v) is 33.2. The first-order valence-corrected chi connectivity index (χ1v) is 20.6. The average molecular weight is 826 g/mol. The summed E-state index contributed by atoms with van der Waals surface area (Å²) in [7, 11) is 0. The fraction of sp³-hybridized carbons (Fsp3) is 0. The highest BCUT2D eigenvalue weighted by Gasteiger charge is 2.28. The minimum Gasteiger partial charge on any atom is -0.504 e. The predicted octanol–water partition coefficient (Wildman–Crippen LogP) is 12.0. The predicted molar refractivity (Wildman–Crippen MR) is 246 cm³/mol. The number of phenols is 5. The van der Waals surface area contributed by atoms with Crippen LogP contribution in [-0.4, -0.2) is 49.6 Å². The molecule has 12 rings (SSSR count). The van der Waals surface area contributed by atoms with E-state index in [4.69, 9.17) is 4.98 Å². The summed E-state index contributed by atoms with van der Waals surface area (Å²) in [5, 5.41) is 59.4. The third kappa shape index (κ3) is 5.12. The van der Waals surface area contributed by atoms with Gasteiger partial charge in [-0.3, -0.25) is 0 Å². The number of aromatic nitrogens is 5. The lowest BCUT2D eigenvalue weighted by Crippen LogP contribution is -2.00. The molecule has 62 heavy (non-hydrogen) atoms. The minimum absolute atomic E-state index is 0.219. The molecule has 12 aromatic rings. The summed E-state index contributed by atoms with van der Waals surface area (Å²) in [6.45, 7) is 0. The Morgan fingerprint density at radius 1 is 0.371 bits per heavy atom. The highest BCUT2D eigenvalue weighted by Crippen LogP contribution is 2.54. The van der Waals surface area contributed by atoms with E-state index in [-0.39, 0.29) is 17.5 Å². The topological polar surface area (TPSA) is 150 Å². The van der Waals surface area contributed by atoms with E-state index in [2.05, 4.69) is 128 Å². The molecule has 0 bridgehead atoms. The number of benzene rings is 8. The van der Waals surface area contributed by atoms with Crippen LogP contribution in [0.1, 0.15) is 0 Å². The molecular formula is C51H31N5O5S. The summed E-state index contributed by atoms with van der Waals surface area (Å²) in [5.41, 5.74) is 7.46. The Labute approximate surface area is 355 Å². The second-order valence-electron chi connectivity index (χ2n) is 15.2. The molecule has 0 aliphatic heterocycles. The maximum Gasteiger partial charge on any atom is 0.208 e. The van der Waals surface area contributed by atoms with E-state index in [1.807, 2.05) is 48.5 Å². The van der Waals surface area contributed by atoms with E-state index in [1.165, 1.54) is 16.2 Å². The molecule has 0 atom stereocenters. The zero-order valence-electron chi connectivity index (χ0n) is 32.4. The molecule has 11 heteroatoms. The molecule has 0 aliphatic rings. The molecule has 0 radical (unpaired) electrons. The third-order valence-corrected chi connectivity index (χ3v) is 12.9. The number of para-hydroxylation sites is 3. The van der Waals surface area contributed by atoms with Gasteiger partial charge >= 0.3 is 0 Å². The standard InChI is InChI=1S/C51H31N5O5S/c57-44-43(45(58)47(60)48(61)46(44)59)51-53-49(27-11-2-1-3-12-27)52-50(54-51)28-21-23-32-34-26-29(22-24-40(34)62-41(32)25-28)55-37-18-9-6-15-33(37)42-38(55)19-10-20-39(42)56-35-16-7-4-13-30(35)31-14-5-8-17-36(31)56/h1-26,57-61H. The number of hydrogen-bond acceptors (Lipinski definition) is 9. The lowest BCUT2D eigenvalue weighted by atomic mass is 10.1. The molecule has 0 spiro atoms. The highest BCUT2D eigenvalue weighted by molar-refractivity contribution is 7.25. The van der Waals surface area contributed by atoms with Gasteiger partial charge in [0, 0.05) is 58.5 Å². The first-order chi connectivity index (χ1) is 30.3. The number of hydrogen-bond donors (Lipinski definition) is 5. The van der Waals surface area contributed by atoms with Crippen molar-refractivity contribution in [2.75, 3.05) is 0 Å². The number of aromatic hydroxyl groups is 5. The number of phenolic OH excluding ortho intramolecular Hbond substituents is 5. The van der Waals surface area contributed by atoms with Gasteiger partial charge < -0.3 is 34.7 Å². The van der Waals surface area contributed by atoms with Crippen LogP contribution in [0.3, 0.4) is 0 Å². The first-order valence-electron chi connectivity index (χ1n) is 19.8. The van der Waals surface area contributed by atoms with E-state index in [0.717, 1.165) is 59.0 Å². The Morgan fingerprint density at radius 2 is 0.935 bits per heavy atom. The molecule has 4 heterocycles. The van der Waals surface area contributed by atoms with Crippen molar-refractivity contribution in [2.45, 2.75) is 0 Å². The molecular weight excluding hydrogens is 795 g/mol. The van der Waals surface area contributed by atoms with Gasteiger partial charge in [0.15, 0.2) is 29.0 Å². The minimum atomic E-state index is -1.07. The van der Waals surface area contributed by atoms with Crippen LogP contribution in [0, 0.1) is 0 Å². The SMILES string of the molecule is Oc1c(O)c(O)c(-c2nc(-c3ccccc3)nc(-c3ccc4c(c3)sc3ccc(-n5c6ccccc6c6c(-n7c8ccccc8c8ccccc87)cccc65)cc34)n2)c(O)c1O. The van der Waals surface area contributed by atoms with Gasteiger partial charge in [-0.1, -0.05) is 103 Å². The van der Waals surface area contributed by atoms with Crippen molar-refractivity contribution in [3.05, 3.63) is 158 Å². The molecule has 0 saturated heterocycles. The molecule has 0 saturated carbocycles. The monoisotopic (exact) mass is 825 g/mol. The number of fused-ring (bicyclic) bond motifs is 9. The van der Waals surface area contributed by atoms with Crippen molar-refractivity contribution in [1.29, 1.82) is 0 Å². The average Bonchev–Trinajstić information content (AvgIpc) is 3.98. The van der Waals surface area contributed by atoms with Crippen LogP contribution in [-0.2, 0) is 0 Å². The quantitative estimate of drug-likeness (QED) is 0.0850. The van der Waals surface area contributed by atoms with E-state index in [0.29, 0.717) is 11.1 Å². The Hall–Kier alpha value is -8.41. The van der Waals surface area contributed by atoms with Crippen molar-refractivity contribution >= 4 is 75.1 Å². The van der Waals surface area contributed by atoms with Crippen molar-refractivity contribution < 1.29 is 25.5 Å². The lowest BCUT2D eigenvalue weighted by Gasteiger charge is -2.13. The van der Waals surface area contributed by atoms with Gasteiger partial charge in [0.25, 0.3) is 0 Å². The van der Waals surface area contributed by atoms with Crippen molar-refractivity contribution in [1.82, 2.24) is 24.1 Å². The van der Waals surface area contributed by atoms with Gasteiger partial charge in [-0.15, -0.1) is 11.3 Å². The molecule has 296 valence electrons. The van der Waals surface area contributed by atoms with Crippen LogP contribution in [0.4, 0.5) is 0 Å². The molecule has 8 aromatic carbocycles. The van der Waals surface area contributed by atoms with E-state index in [1.54, 1.807) is 11.3 Å². The smallest absolute Gasteiger partial charge is 0.208 e. The second-order valence-corrected chi connectivity index (χ2v) is 16.3. The van der Waals surface area contributed by atoms with E-state index < -0.39 is 34.3 Å². The van der Waals surface area contributed by atoms with Gasteiger partial charge in [-0.05, 0) is 54.6 Å². The Bertz CT molecular complexity index is 3750. The van der Waals surface area contributed by atoms with Crippen LogP contribution in [0.2, 0.25) is 0 Å². The molecule has 0 amide bonds. The van der Waals surface area contributed by atoms with Crippen LogP contribution < -0.4 is 0 Å². The lowest BCUT2D eigenvalue weighted by molar-refractivity contribution is 0.329. The van der Waals surface area contributed by atoms with Crippen molar-refractivity contribution in [2.24, 2.45) is 0 Å². The number of thiophene rings is 1. The first kappa shape index (κ1) is 35.5. The Kier molecular flexibility index (Phi) is 7.62. The summed E-state index contributed by atoms with van der Waals surface area (Å²) in [5.74, 6) is -4.66. The molecule has 0 unspecified atom stereocenters. The summed E-state index contributed by atoms with van der Waals surface area (Å²) >= 11 is 1.64. The van der Waals surface area contributed by atoms with Crippen LogP contribution >= 0.6 is 11.3 Å². The maximum absolute atomic E-state index is 10.8. The fourth-order valence-electron chi connectivity index (χ4n) is 8.92. The molecule has 0 fully saturated rings. The Morgan fingerprint density at radius 3 is 1.63 bits per heavy atom. The van der Waals surface area contributed by atoms with Gasteiger partial charge in [-0.25, -0.2) is 15.0 Å². The highest BCUT2D eigenvalue weighted by atomic mass is 32.1. The largest absolute Gasteiger partial charge is 0.504 e. The summed E-state index contributed by atoms with van der Waals surface area (Å²) < 4.78 is 6.82. The van der Waals surface area contributed by atoms with Crippen LogP contribution in [0.5, 0.6) is 28.7 Å². The van der Waals surface area contributed by atoms with Crippen LogP contribution in [0.25, 0.3) is 109 Å². The van der Waals surface area contributed by atoms with Crippen molar-refractivity contribution in [3.8, 4) is 74.3 Å². The maximum atomic E-state index is 10.8. The van der Waals surface area contributed by atoms with Gasteiger partial charge in [0.2, 0.25) is 17.2 Å². The van der Waals surface area contributed by atoms with E-state index in [9.17, 15) is 25.5 Å². The zero-order chi connectivity index (χ0) is 41.8. The van der Waals surface area contributed by atoms with Gasteiger partial charge in [0.05, 0.1) is 27.8 Å². The summed E-state index contributed by atoms with van der Waals surface area (Å²) in [6, 6.07) is 54.0. The van der Waals surface area contributed by atoms with Gasteiger partial charge in [0.1, 0.15) is 5.56 Å². The fourth-order valence-corrected chi connectivity index (χ4v) is 10.0. The third-order valence-electron chi connectivity index (χ3n) is 11.7. The molecule has 0 aliphatic carbocycles. The Balaban J connectivity index is 1.02. The number of rotatable bonds is 5.